The summed E-state index contributed by atoms with van der Waals surface area (Å²) in [5.41, 5.74) is 6.67. The van der Waals surface area contributed by atoms with Crippen molar-refractivity contribution in [3.05, 3.63) is 23.8 Å². The first-order valence-corrected chi connectivity index (χ1v) is 7.47. The van der Waals surface area contributed by atoms with Gasteiger partial charge >= 0.3 is 0 Å². The van der Waals surface area contributed by atoms with E-state index in [0.717, 1.165) is 17.0 Å². The lowest BCUT2D eigenvalue weighted by Gasteiger charge is -2.13. The Morgan fingerprint density at radius 1 is 1.35 bits per heavy atom. The normalized spacial score (nSPS) is 10.4. The van der Waals surface area contributed by atoms with E-state index < -0.39 is 5.91 Å². The fourth-order valence-corrected chi connectivity index (χ4v) is 2.11. The monoisotopic (exact) mass is 296 g/mol. The summed E-state index contributed by atoms with van der Waals surface area (Å²) in [6, 6.07) is 5.51. The van der Waals surface area contributed by atoms with Crippen molar-refractivity contribution in [3.63, 3.8) is 0 Å². The summed E-state index contributed by atoms with van der Waals surface area (Å²) in [6.07, 6.45) is 0.111. The quantitative estimate of drug-likeness (QED) is 0.805. The van der Waals surface area contributed by atoms with Crippen LogP contribution in [0, 0.1) is 6.92 Å². The minimum absolute atomic E-state index is 0.111. The van der Waals surface area contributed by atoms with E-state index in [1.165, 1.54) is 11.8 Å². The van der Waals surface area contributed by atoms with Crippen LogP contribution in [0.5, 0.6) is 5.75 Å². The summed E-state index contributed by atoms with van der Waals surface area (Å²) in [5.74, 6) is 0.546. The Bertz CT molecular complexity index is 489. The van der Waals surface area contributed by atoms with Gasteiger partial charge < -0.3 is 15.8 Å². The molecule has 0 spiro atoms. The summed E-state index contributed by atoms with van der Waals surface area (Å²) in [4.78, 5) is 22.3. The standard InChI is InChI=1S/C14H20N2O3S/c1-9(2)19-11-4-5-12(10(3)6-11)16-14(18)8-20-7-13(15)17/h4-6,9H,7-8H2,1-3H3,(H2,15,17)(H,16,18). The molecule has 0 unspecified atom stereocenters. The van der Waals surface area contributed by atoms with Crippen LogP contribution in [-0.4, -0.2) is 29.4 Å². The molecule has 0 fully saturated rings. The molecule has 1 aromatic carbocycles. The number of thioether (sulfide) groups is 1. The summed E-state index contributed by atoms with van der Waals surface area (Å²) in [7, 11) is 0. The van der Waals surface area contributed by atoms with Crippen molar-refractivity contribution in [2.75, 3.05) is 16.8 Å². The fraction of sp³-hybridized carbons (Fsp3) is 0.429. The van der Waals surface area contributed by atoms with Gasteiger partial charge in [-0.2, -0.15) is 0 Å². The molecule has 0 aliphatic carbocycles. The zero-order valence-corrected chi connectivity index (χ0v) is 12.8. The number of hydrogen-bond acceptors (Lipinski definition) is 4. The van der Waals surface area contributed by atoms with Crippen molar-refractivity contribution in [1.29, 1.82) is 0 Å². The smallest absolute Gasteiger partial charge is 0.234 e. The maximum Gasteiger partial charge on any atom is 0.234 e. The molecule has 0 saturated heterocycles. The third-order valence-electron chi connectivity index (χ3n) is 2.32. The van der Waals surface area contributed by atoms with Gasteiger partial charge in [0, 0.05) is 5.69 Å². The van der Waals surface area contributed by atoms with Crippen molar-refractivity contribution in [2.24, 2.45) is 5.73 Å². The van der Waals surface area contributed by atoms with Crippen molar-refractivity contribution in [2.45, 2.75) is 26.9 Å². The molecular weight excluding hydrogens is 276 g/mol. The Morgan fingerprint density at radius 2 is 2.05 bits per heavy atom. The van der Waals surface area contributed by atoms with Crippen LogP contribution >= 0.6 is 11.8 Å². The summed E-state index contributed by atoms with van der Waals surface area (Å²) in [5, 5.41) is 2.80. The zero-order valence-electron chi connectivity index (χ0n) is 11.9. The number of anilines is 1. The van der Waals surface area contributed by atoms with Crippen molar-refractivity contribution >= 4 is 29.3 Å². The molecule has 6 heteroatoms. The summed E-state index contributed by atoms with van der Waals surface area (Å²) >= 11 is 1.19. The van der Waals surface area contributed by atoms with Crippen LogP contribution in [0.25, 0.3) is 0 Å². The largest absolute Gasteiger partial charge is 0.491 e. The van der Waals surface area contributed by atoms with Crippen LogP contribution in [-0.2, 0) is 9.59 Å². The SMILES string of the molecule is Cc1cc(OC(C)C)ccc1NC(=O)CSCC(N)=O. The maximum absolute atomic E-state index is 11.7. The third kappa shape index (κ3) is 5.97. The van der Waals surface area contributed by atoms with E-state index in [1.807, 2.05) is 39.0 Å². The van der Waals surface area contributed by atoms with Gasteiger partial charge in [-0.05, 0) is 44.5 Å². The first kappa shape index (κ1) is 16.4. The Hall–Kier alpha value is -1.69. The van der Waals surface area contributed by atoms with Gasteiger partial charge in [0.05, 0.1) is 17.6 Å². The molecule has 0 aromatic heterocycles. The molecule has 0 aliphatic rings. The highest BCUT2D eigenvalue weighted by Gasteiger charge is 2.07. The Balaban J connectivity index is 2.55. The van der Waals surface area contributed by atoms with Gasteiger partial charge in [-0.15, -0.1) is 11.8 Å². The molecule has 0 atom stereocenters. The van der Waals surface area contributed by atoms with Gasteiger partial charge in [-0.1, -0.05) is 0 Å². The Morgan fingerprint density at radius 3 is 2.60 bits per heavy atom. The lowest BCUT2D eigenvalue weighted by atomic mass is 10.2. The number of rotatable bonds is 7. The van der Waals surface area contributed by atoms with Gasteiger partial charge in [-0.3, -0.25) is 9.59 Å². The number of carbonyl (C=O) groups excluding carboxylic acids is 2. The molecule has 3 N–H and O–H groups in total. The highest BCUT2D eigenvalue weighted by Crippen LogP contribution is 2.22. The maximum atomic E-state index is 11.7. The molecule has 20 heavy (non-hydrogen) atoms. The van der Waals surface area contributed by atoms with Crippen LogP contribution in [0.3, 0.4) is 0 Å². The lowest BCUT2D eigenvalue weighted by Crippen LogP contribution is -2.18. The van der Waals surface area contributed by atoms with E-state index in [-0.39, 0.29) is 23.5 Å². The predicted molar refractivity (Wildman–Crippen MR) is 82.1 cm³/mol. The lowest BCUT2D eigenvalue weighted by molar-refractivity contribution is -0.115. The molecule has 0 radical (unpaired) electrons. The molecule has 110 valence electrons. The first-order valence-electron chi connectivity index (χ1n) is 6.31. The van der Waals surface area contributed by atoms with E-state index in [4.69, 9.17) is 10.5 Å². The average molecular weight is 296 g/mol. The molecule has 0 heterocycles. The average Bonchev–Trinajstić information content (AvgIpc) is 2.31. The number of primary amides is 1. The van der Waals surface area contributed by atoms with Gasteiger partial charge in [0.1, 0.15) is 5.75 Å². The Kier molecular flexibility index (Phi) is 6.38. The highest BCUT2D eigenvalue weighted by atomic mass is 32.2. The third-order valence-corrected chi connectivity index (χ3v) is 3.28. The number of benzene rings is 1. The number of hydrogen-bond donors (Lipinski definition) is 2. The minimum atomic E-state index is -0.422. The molecular formula is C14H20N2O3S. The van der Waals surface area contributed by atoms with Gasteiger partial charge in [0.2, 0.25) is 11.8 Å². The van der Waals surface area contributed by atoms with Crippen molar-refractivity contribution in [1.82, 2.24) is 0 Å². The molecule has 0 saturated carbocycles. The van der Waals surface area contributed by atoms with Crippen LogP contribution < -0.4 is 15.8 Å². The van der Waals surface area contributed by atoms with Gasteiger partial charge in [0.15, 0.2) is 0 Å². The van der Waals surface area contributed by atoms with E-state index in [1.54, 1.807) is 0 Å². The van der Waals surface area contributed by atoms with E-state index >= 15 is 0 Å². The second-order valence-electron chi connectivity index (χ2n) is 4.65. The number of amides is 2. The molecule has 0 aliphatic heterocycles. The van der Waals surface area contributed by atoms with Crippen molar-refractivity contribution < 1.29 is 14.3 Å². The number of nitrogens with one attached hydrogen (secondary N) is 1. The second-order valence-corrected chi connectivity index (χ2v) is 5.64. The van der Waals surface area contributed by atoms with E-state index in [9.17, 15) is 9.59 Å². The second kappa shape index (κ2) is 7.79. The van der Waals surface area contributed by atoms with Crippen LogP contribution in [0.2, 0.25) is 0 Å². The molecule has 2 amide bonds. The zero-order chi connectivity index (χ0) is 15.1. The van der Waals surface area contributed by atoms with E-state index in [0.29, 0.717) is 0 Å². The predicted octanol–water partition coefficient (Wildman–Crippen LogP) is 1.94. The van der Waals surface area contributed by atoms with E-state index in [2.05, 4.69) is 5.32 Å². The number of ether oxygens (including phenoxy) is 1. The minimum Gasteiger partial charge on any atom is -0.491 e. The number of carbonyl (C=O) groups is 2. The summed E-state index contributed by atoms with van der Waals surface area (Å²) < 4.78 is 5.58. The highest BCUT2D eigenvalue weighted by molar-refractivity contribution is 8.00. The van der Waals surface area contributed by atoms with Crippen molar-refractivity contribution in [3.8, 4) is 5.75 Å². The Labute approximate surface area is 123 Å². The van der Waals surface area contributed by atoms with Crippen LogP contribution in [0.1, 0.15) is 19.4 Å². The van der Waals surface area contributed by atoms with Gasteiger partial charge in [-0.25, -0.2) is 0 Å². The fourth-order valence-electron chi connectivity index (χ4n) is 1.55. The topological polar surface area (TPSA) is 81.4 Å². The van der Waals surface area contributed by atoms with Crippen LogP contribution in [0.15, 0.2) is 18.2 Å². The number of aryl methyl sites for hydroxylation is 1. The van der Waals surface area contributed by atoms with Gasteiger partial charge in [0.25, 0.3) is 0 Å². The first-order chi connectivity index (χ1) is 9.38. The molecule has 5 nitrogen and oxygen atoms in total. The molecule has 1 rings (SSSR count). The van der Waals surface area contributed by atoms with Crippen LogP contribution in [0.4, 0.5) is 5.69 Å². The molecule has 0 bridgehead atoms. The summed E-state index contributed by atoms with van der Waals surface area (Å²) in [6.45, 7) is 5.82. The number of nitrogens with two attached hydrogens (primary N) is 1. The molecule has 1 aromatic rings.